The number of aliphatic hydroxyl groups is 2. The number of carbonyl (C=O) groups excluding carboxylic acids is 3. The lowest BCUT2D eigenvalue weighted by atomic mass is 9.93. The molecule has 0 bridgehead atoms. The van der Waals surface area contributed by atoms with Crippen molar-refractivity contribution in [2.24, 2.45) is 0 Å². The highest BCUT2D eigenvalue weighted by atomic mass is 33.1. The summed E-state index contributed by atoms with van der Waals surface area (Å²) < 4.78 is 35.4. The fourth-order valence-corrected chi connectivity index (χ4v) is 8.23. The number of nitrogens with one attached hydrogen (secondary N) is 3. The fraction of sp³-hybridized carbons (Fsp3) is 0.512. The first-order valence-corrected chi connectivity index (χ1v) is 21.9. The van der Waals surface area contributed by atoms with E-state index in [0.717, 1.165) is 38.5 Å². The number of carbonyl (C=O) groups is 3. The Labute approximate surface area is 344 Å². The third kappa shape index (κ3) is 16.9. The minimum absolute atomic E-state index is 0.0649. The summed E-state index contributed by atoms with van der Waals surface area (Å²) in [7, 11) is 2.78. The summed E-state index contributed by atoms with van der Waals surface area (Å²) in [6, 6.07) is 2.19. The Morgan fingerprint density at radius 2 is 1.37 bits per heavy atom. The summed E-state index contributed by atoms with van der Waals surface area (Å²) in [5, 5.41) is 27.5. The van der Waals surface area contributed by atoms with Crippen LogP contribution in [0.15, 0.2) is 91.1 Å². The average Bonchev–Trinajstić information content (AvgIpc) is 3.93. The maximum atomic E-state index is 13.8. The molecule has 3 amide bonds. The molecule has 1 aromatic carbocycles. The Morgan fingerprint density at radius 1 is 0.825 bits per heavy atom. The van der Waals surface area contributed by atoms with Crippen LogP contribution in [0.25, 0.3) is 0 Å². The van der Waals surface area contributed by atoms with Crippen LogP contribution in [0.5, 0.6) is 11.5 Å². The fourth-order valence-electron chi connectivity index (χ4n) is 5.69. The van der Waals surface area contributed by atoms with Crippen LogP contribution in [0.3, 0.4) is 0 Å². The molecule has 3 rings (SSSR count). The molecule has 0 saturated heterocycles. The quantitative estimate of drug-likeness (QED) is 0.0342. The number of amides is 3. The molecule has 0 spiro atoms. The van der Waals surface area contributed by atoms with Gasteiger partial charge in [0, 0.05) is 23.5 Å². The monoisotopic (exact) mass is 831 g/mol. The summed E-state index contributed by atoms with van der Waals surface area (Å²) in [4.78, 5) is 39.7. The topological polar surface area (TPSA) is 146 Å². The molecule has 1 aromatic rings. The molecule has 314 valence electrons. The van der Waals surface area contributed by atoms with E-state index in [-0.39, 0.29) is 17.4 Å². The highest BCUT2D eigenvalue weighted by molar-refractivity contribution is 8.77. The van der Waals surface area contributed by atoms with Gasteiger partial charge in [-0.05, 0) is 89.3 Å². The van der Waals surface area contributed by atoms with E-state index in [1.807, 2.05) is 12.2 Å². The molecule has 10 nitrogen and oxygen atoms in total. The molecule has 0 radical (unpaired) electrons. The van der Waals surface area contributed by atoms with E-state index in [0.29, 0.717) is 43.5 Å². The molecule has 0 unspecified atom stereocenters. The second-order valence-electron chi connectivity index (χ2n) is 14.2. The van der Waals surface area contributed by atoms with Gasteiger partial charge in [-0.15, -0.1) is 8.78 Å². The van der Waals surface area contributed by atoms with Crippen molar-refractivity contribution < 1.29 is 42.9 Å². The molecule has 1 aliphatic carbocycles. The van der Waals surface area contributed by atoms with Crippen LogP contribution in [-0.2, 0) is 19.8 Å². The van der Waals surface area contributed by atoms with E-state index in [9.17, 15) is 33.4 Å². The maximum Gasteiger partial charge on any atom is 0.586 e. The zero-order valence-corrected chi connectivity index (χ0v) is 34.9. The van der Waals surface area contributed by atoms with Gasteiger partial charge in [0.05, 0.1) is 24.7 Å². The molecule has 1 heterocycles. The Balaban J connectivity index is 1.37. The van der Waals surface area contributed by atoms with Crippen molar-refractivity contribution in [1.82, 2.24) is 16.0 Å². The van der Waals surface area contributed by atoms with Crippen molar-refractivity contribution in [3.8, 4) is 11.5 Å². The highest BCUT2D eigenvalue weighted by Gasteiger charge is 2.54. The maximum absolute atomic E-state index is 13.8. The Bertz CT molecular complexity index is 1620. The van der Waals surface area contributed by atoms with E-state index in [1.165, 1.54) is 39.8 Å². The van der Waals surface area contributed by atoms with Crippen LogP contribution >= 0.6 is 21.6 Å². The molecule has 1 saturated carbocycles. The van der Waals surface area contributed by atoms with Crippen molar-refractivity contribution in [1.29, 1.82) is 0 Å². The Hall–Kier alpha value is -3.85. The minimum Gasteiger partial charge on any atom is -0.395 e. The van der Waals surface area contributed by atoms with Crippen LogP contribution in [-0.4, -0.2) is 76.6 Å². The van der Waals surface area contributed by atoms with Gasteiger partial charge in [0.15, 0.2) is 11.5 Å². The van der Waals surface area contributed by atoms with Crippen molar-refractivity contribution in [3.63, 3.8) is 0 Å². The number of rotatable bonds is 27. The van der Waals surface area contributed by atoms with Gasteiger partial charge in [-0.3, -0.25) is 14.4 Å². The number of halogens is 2. The lowest BCUT2D eigenvalue weighted by molar-refractivity contribution is -0.286. The predicted molar refractivity (Wildman–Crippen MR) is 226 cm³/mol. The summed E-state index contributed by atoms with van der Waals surface area (Å²) >= 11 is 0. The zero-order chi connectivity index (χ0) is 41.6. The second kappa shape index (κ2) is 24.8. The van der Waals surface area contributed by atoms with Crippen molar-refractivity contribution in [3.05, 3.63) is 96.7 Å². The van der Waals surface area contributed by atoms with Crippen molar-refractivity contribution in [2.75, 3.05) is 25.5 Å². The summed E-state index contributed by atoms with van der Waals surface area (Å²) in [5.74, 6) is -0.900. The van der Waals surface area contributed by atoms with Gasteiger partial charge in [0.2, 0.25) is 17.7 Å². The van der Waals surface area contributed by atoms with Gasteiger partial charge < -0.3 is 35.6 Å². The van der Waals surface area contributed by atoms with E-state index < -0.39 is 53.6 Å². The second-order valence-corrected chi connectivity index (χ2v) is 17.3. The average molecular weight is 832 g/mol. The zero-order valence-electron chi connectivity index (χ0n) is 33.2. The predicted octanol–water partition coefficient (Wildman–Crippen LogP) is 7.75. The SMILES string of the molecule is CC/C=C\C/C=C\C/C=C\C/C=C\C/C=C\C/C=C\CCC(=O)NCCSSC(C)(C)[C@H](NC(=O)C1(c2ccc3c(c2)OC(F)(F)O3)CC1)C(=O)NC(CO)CO. The smallest absolute Gasteiger partial charge is 0.395 e. The Kier molecular flexibility index (Phi) is 20.7. The van der Waals surface area contributed by atoms with Crippen LogP contribution in [0.1, 0.15) is 90.5 Å². The van der Waals surface area contributed by atoms with Gasteiger partial charge in [0.25, 0.3) is 0 Å². The van der Waals surface area contributed by atoms with Crippen LogP contribution in [0.2, 0.25) is 0 Å². The molecule has 2 aliphatic rings. The molecule has 1 atom stereocenters. The van der Waals surface area contributed by atoms with E-state index in [2.05, 4.69) is 93.1 Å². The van der Waals surface area contributed by atoms with Gasteiger partial charge in [-0.2, -0.15) is 0 Å². The molecular weight excluding hydrogens is 773 g/mol. The third-order valence-electron chi connectivity index (χ3n) is 9.07. The van der Waals surface area contributed by atoms with Crippen molar-refractivity contribution >= 4 is 39.3 Å². The number of fused-ring (bicyclic) bond motifs is 1. The number of alkyl halides is 2. The molecule has 5 N–H and O–H groups in total. The number of aliphatic hydroxyl groups excluding tert-OH is 2. The molecular formula is C43H59F2N3O7S2. The van der Waals surface area contributed by atoms with Crippen LogP contribution in [0, 0.1) is 0 Å². The largest absolute Gasteiger partial charge is 0.586 e. The normalized spacial score (nSPS) is 16.6. The summed E-state index contributed by atoms with van der Waals surface area (Å²) in [6.45, 7) is 5.11. The van der Waals surface area contributed by atoms with Gasteiger partial charge in [-0.25, -0.2) is 0 Å². The molecule has 0 aromatic heterocycles. The standard InChI is InChI=1S/C43H59F2N3O7S2/c1-4-5-6-7-8-9-10-11-12-13-14-15-16-17-18-19-20-21-22-23-37(51)46-28-29-56-57-41(2,3)38(39(52)47-34(31-49)32-50)48-40(53)42(26-27-42)33-24-25-35-36(30-33)55-43(44,45)54-35/h5-6,8-9,11-12,14-15,17-18,20-21,24-25,30,34,38,49-50H,4,7,10,13,16,19,22-23,26-29,31-32H2,1-3H3,(H,46,51)(H,47,52)(H,48,53)/b6-5-,9-8-,12-11-,15-14-,18-17-,21-20-/t38-/m1/s1. The van der Waals surface area contributed by atoms with Gasteiger partial charge >= 0.3 is 6.29 Å². The highest BCUT2D eigenvalue weighted by Crippen LogP contribution is 2.52. The summed E-state index contributed by atoms with van der Waals surface area (Å²) in [5.41, 5.74) is -0.593. The third-order valence-corrected chi connectivity index (χ3v) is 12.4. The van der Waals surface area contributed by atoms with Crippen LogP contribution < -0.4 is 25.4 Å². The minimum atomic E-state index is -3.80. The van der Waals surface area contributed by atoms with Gasteiger partial charge in [-0.1, -0.05) is 107 Å². The van der Waals surface area contributed by atoms with E-state index in [4.69, 9.17) is 0 Å². The number of hydrogen-bond acceptors (Lipinski definition) is 9. The van der Waals surface area contributed by atoms with Crippen molar-refractivity contribution in [2.45, 2.75) is 114 Å². The van der Waals surface area contributed by atoms with E-state index >= 15 is 0 Å². The molecule has 1 fully saturated rings. The number of allylic oxidation sites excluding steroid dienone is 12. The van der Waals surface area contributed by atoms with Gasteiger partial charge in [0.1, 0.15) is 6.04 Å². The number of hydrogen-bond donors (Lipinski definition) is 5. The first-order valence-electron chi connectivity index (χ1n) is 19.6. The molecule has 14 heteroatoms. The summed E-state index contributed by atoms with van der Waals surface area (Å²) in [6.07, 6.45) is 29.4. The molecule has 1 aliphatic heterocycles. The molecule has 57 heavy (non-hydrogen) atoms. The number of benzene rings is 1. The lowest BCUT2D eigenvalue weighted by Crippen LogP contribution is -2.60. The lowest BCUT2D eigenvalue weighted by Gasteiger charge is -2.34. The van der Waals surface area contributed by atoms with E-state index in [1.54, 1.807) is 13.8 Å². The first-order chi connectivity index (χ1) is 27.4. The number of ether oxygens (including phenoxy) is 2. The first kappa shape index (κ1) is 47.5. The Morgan fingerprint density at radius 3 is 1.91 bits per heavy atom. The van der Waals surface area contributed by atoms with Crippen LogP contribution in [0.4, 0.5) is 8.78 Å².